The van der Waals surface area contributed by atoms with Crippen LogP contribution in [0.5, 0.6) is 5.75 Å². The average molecular weight is 484 g/mol. The maximum absolute atomic E-state index is 10.1. The van der Waals surface area contributed by atoms with Crippen LogP contribution in [-0.4, -0.2) is 40.7 Å². The summed E-state index contributed by atoms with van der Waals surface area (Å²) < 4.78 is 0. The molecule has 0 aliphatic heterocycles. The summed E-state index contributed by atoms with van der Waals surface area (Å²) in [5.74, 6) is 3.49. The van der Waals surface area contributed by atoms with Gasteiger partial charge in [0.15, 0.2) is 0 Å². The Hall–Kier alpha value is -3.41. The number of anilines is 2. The largest absolute Gasteiger partial charge is 0.506 e. The predicted octanol–water partition coefficient (Wildman–Crippen LogP) is 6.58. The molecule has 1 fully saturated rings. The number of benzene rings is 2. The van der Waals surface area contributed by atoms with Gasteiger partial charge in [0.25, 0.3) is 0 Å². The number of aromatic hydroxyl groups is 1. The van der Waals surface area contributed by atoms with Crippen molar-refractivity contribution in [1.29, 1.82) is 0 Å². The van der Waals surface area contributed by atoms with Gasteiger partial charge in [-0.3, -0.25) is 0 Å². The fourth-order valence-electron chi connectivity index (χ4n) is 5.49. The molecular formula is C30H37N5O. The normalized spacial score (nSPS) is 17.9. The summed E-state index contributed by atoms with van der Waals surface area (Å²) in [6.07, 6.45) is 9.86. The Morgan fingerprint density at radius 3 is 2.50 bits per heavy atom. The number of aryl methyl sites for hydroxylation is 1. The van der Waals surface area contributed by atoms with Crippen LogP contribution in [-0.2, 0) is 6.42 Å². The number of nitrogens with zero attached hydrogens (tertiary/aromatic N) is 4. The summed E-state index contributed by atoms with van der Waals surface area (Å²) in [6, 6.07) is 17.9. The van der Waals surface area contributed by atoms with Gasteiger partial charge in [-0.15, -0.1) is 0 Å². The van der Waals surface area contributed by atoms with Crippen LogP contribution >= 0.6 is 0 Å². The van der Waals surface area contributed by atoms with Crippen LogP contribution < -0.4 is 10.2 Å². The molecule has 0 amide bonds. The van der Waals surface area contributed by atoms with Gasteiger partial charge in [-0.25, -0.2) is 9.97 Å². The van der Waals surface area contributed by atoms with Crippen molar-refractivity contribution in [2.75, 3.05) is 30.9 Å². The third kappa shape index (κ3) is 5.69. The Morgan fingerprint density at radius 2 is 1.67 bits per heavy atom. The van der Waals surface area contributed by atoms with Gasteiger partial charge in [-0.2, -0.15) is 4.98 Å². The third-order valence-electron chi connectivity index (χ3n) is 7.57. The van der Waals surface area contributed by atoms with Gasteiger partial charge in [-0.05, 0) is 61.8 Å². The summed E-state index contributed by atoms with van der Waals surface area (Å²) >= 11 is 0. The van der Waals surface area contributed by atoms with E-state index in [2.05, 4.69) is 39.5 Å². The van der Waals surface area contributed by atoms with E-state index in [4.69, 9.17) is 9.97 Å². The highest BCUT2D eigenvalue weighted by atomic mass is 16.3. The highest BCUT2D eigenvalue weighted by Gasteiger charge is 2.21. The molecule has 2 aromatic heterocycles. The molecule has 2 N–H and O–H groups in total. The summed E-state index contributed by atoms with van der Waals surface area (Å²) in [5.41, 5.74) is 2.78. The van der Waals surface area contributed by atoms with Gasteiger partial charge < -0.3 is 15.3 Å². The van der Waals surface area contributed by atoms with Crippen LogP contribution in [0.2, 0.25) is 0 Å². The first-order valence-corrected chi connectivity index (χ1v) is 13.3. The van der Waals surface area contributed by atoms with Gasteiger partial charge in [0.05, 0.1) is 5.52 Å². The molecule has 1 aliphatic carbocycles. The Labute approximate surface area is 213 Å². The summed E-state index contributed by atoms with van der Waals surface area (Å²) in [6.45, 7) is 0.943. The number of unbranched alkanes of at least 4 members (excludes halogenated alkanes) is 1. The number of phenols is 1. The molecule has 0 radical (unpaired) electrons. The SMILES string of the molecule is CN(C)c1nc(NCC2CCC(CCCCc3ccc4cccc(O)c4n3)CC2)nc2ccccc12. The minimum absolute atomic E-state index is 0.269. The van der Waals surface area contributed by atoms with E-state index in [9.17, 15) is 5.11 Å². The Bertz CT molecular complexity index is 1310. The molecule has 188 valence electrons. The topological polar surface area (TPSA) is 74.2 Å². The monoisotopic (exact) mass is 483 g/mol. The van der Waals surface area contributed by atoms with Crippen LogP contribution in [0.4, 0.5) is 11.8 Å². The van der Waals surface area contributed by atoms with Crippen molar-refractivity contribution in [1.82, 2.24) is 15.0 Å². The lowest BCUT2D eigenvalue weighted by Gasteiger charge is -2.28. The van der Waals surface area contributed by atoms with Crippen molar-refractivity contribution in [2.45, 2.75) is 51.4 Å². The van der Waals surface area contributed by atoms with Crippen molar-refractivity contribution in [2.24, 2.45) is 11.8 Å². The molecule has 36 heavy (non-hydrogen) atoms. The number of phenolic OH excluding ortho intramolecular Hbond substituents is 1. The van der Waals surface area contributed by atoms with E-state index in [1.165, 1.54) is 38.5 Å². The van der Waals surface area contributed by atoms with Gasteiger partial charge >= 0.3 is 0 Å². The summed E-state index contributed by atoms with van der Waals surface area (Å²) in [5, 5.41) is 15.7. The van der Waals surface area contributed by atoms with Gasteiger partial charge in [0.1, 0.15) is 17.1 Å². The Balaban J connectivity index is 1.05. The molecule has 0 unspecified atom stereocenters. The number of para-hydroxylation sites is 2. The van der Waals surface area contributed by atoms with Crippen molar-refractivity contribution in [3.05, 3.63) is 60.3 Å². The quantitative estimate of drug-likeness (QED) is 0.262. The van der Waals surface area contributed by atoms with Crippen molar-refractivity contribution in [3.8, 4) is 5.75 Å². The van der Waals surface area contributed by atoms with Crippen LogP contribution in [0.15, 0.2) is 54.6 Å². The summed E-state index contributed by atoms with van der Waals surface area (Å²) in [7, 11) is 4.06. The molecular weight excluding hydrogens is 446 g/mol. The number of hydrogen-bond donors (Lipinski definition) is 2. The number of fused-ring (bicyclic) bond motifs is 2. The average Bonchev–Trinajstić information content (AvgIpc) is 2.90. The maximum Gasteiger partial charge on any atom is 0.225 e. The fourth-order valence-corrected chi connectivity index (χ4v) is 5.49. The highest BCUT2D eigenvalue weighted by Crippen LogP contribution is 2.32. The lowest BCUT2D eigenvalue weighted by molar-refractivity contribution is 0.266. The van der Waals surface area contributed by atoms with E-state index in [1.807, 2.05) is 38.4 Å². The zero-order chi connectivity index (χ0) is 24.9. The van der Waals surface area contributed by atoms with Crippen LogP contribution in [0.3, 0.4) is 0 Å². The van der Waals surface area contributed by atoms with Gasteiger partial charge in [0.2, 0.25) is 5.95 Å². The van der Waals surface area contributed by atoms with E-state index in [-0.39, 0.29) is 5.75 Å². The first-order chi connectivity index (χ1) is 17.6. The molecule has 6 heteroatoms. The second-order valence-electron chi connectivity index (χ2n) is 10.4. The Morgan fingerprint density at radius 1 is 0.861 bits per heavy atom. The molecule has 2 heterocycles. The first-order valence-electron chi connectivity index (χ1n) is 13.3. The molecule has 6 nitrogen and oxygen atoms in total. The third-order valence-corrected chi connectivity index (χ3v) is 7.57. The molecule has 5 rings (SSSR count). The fraction of sp³-hybridized carbons (Fsp3) is 0.433. The van der Waals surface area contributed by atoms with Crippen LogP contribution in [0.25, 0.3) is 21.8 Å². The second-order valence-corrected chi connectivity index (χ2v) is 10.4. The van der Waals surface area contributed by atoms with Crippen LogP contribution in [0.1, 0.15) is 50.6 Å². The standard InChI is InChI=1S/C30H37N5O/c1-35(2)29-25-11-5-6-12-26(25)33-30(34-29)31-20-22-16-14-21(15-17-22)8-3-4-10-24-19-18-23-9-7-13-27(36)28(23)32-24/h5-7,9,11-13,18-19,21-22,36H,3-4,8,10,14-17,20H2,1-2H3,(H,31,33,34). The van der Waals surface area contributed by atoms with Crippen LogP contribution in [0, 0.1) is 11.8 Å². The lowest BCUT2D eigenvalue weighted by atomic mass is 9.79. The zero-order valence-electron chi connectivity index (χ0n) is 21.5. The maximum atomic E-state index is 10.1. The first kappa shape index (κ1) is 24.3. The molecule has 0 saturated heterocycles. The van der Waals surface area contributed by atoms with Gasteiger partial charge in [0, 0.05) is 37.1 Å². The lowest BCUT2D eigenvalue weighted by Crippen LogP contribution is -2.22. The second kappa shape index (κ2) is 11.1. The molecule has 0 atom stereocenters. The van der Waals surface area contributed by atoms with E-state index in [0.29, 0.717) is 11.4 Å². The highest BCUT2D eigenvalue weighted by molar-refractivity contribution is 5.90. The molecule has 4 aromatic rings. The molecule has 0 spiro atoms. The van der Waals surface area contributed by atoms with E-state index >= 15 is 0 Å². The van der Waals surface area contributed by atoms with Crippen molar-refractivity contribution in [3.63, 3.8) is 0 Å². The van der Waals surface area contributed by atoms with E-state index < -0.39 is 0 Å². The number of pyridine rings is 1. The molecule has 0 bridgehead atoms. The van der Waals surface area contributed by atoms with Gasteiger partial charge in [-0.1, -0.05) is 56.0 Å². The molecule has 2 aromatic carbocycles. The smallest absolute Gasteiger partial charge is 0.225 e. The number of rotatable bonds is 9. The number of hydrogen-bond acceptors (Lipinski definition) is 6. The number of aromatic nitrogens is 3. The van der Waals surface area contributed by atoms with E-state index in [1.54, 1.807) is 6.07 Å². The van der Waals surface area contributed by atoms with Crippen molar-refractivity contribution < 1.29 is 5.11 Å². The summed E-state index contributed by atoms with van der Waals surface area (Å²) in [4.78, 5) is 16.3. The van der Waals surface area contributed by atoms with E-state index in [0.717, 1.165) is 59.1 Å². The number of nitrogens with one attached hydrogen (secondary N) is 1. The molecule has 1 saturated carbocycles. The zero-order valence-corrected chi connectivity index (χ0v) is 21.5. The minimum Gasteiger partial charge on any atom is -0.506 e. The Kier molecular flexibility index (Phi) is 7.49. The molecule has 1 aliphatic rings. The van der Waals surface area contributed by atoms with Crippen molar-refractivity contribution >= 4 is 33.6 Å². The minimum atomic E-state index is 0.269. The predicted molar refractivity (Wildman–Crippen MR) is 149 cm³/mol.